The minimum absolute atomic E-state index is 0.171. The van der Waals surface area contributed by atoms with Gasteiger partial charge in [0.15, 0.2) is 0 Å². The molecule has 1 unspecified atom stereocenters. The predicted octanol–water partition coefficient (Wildman–Crippen LogP) is 2.50. The molecule has 166 valence electrons. The first-order valence-corrected chi connectivity index (χ1v) is 11.4. The summed E-state index contributed by atoms with van der Waals surface area (Å²) in [7, 11) is 1.57. The molecule has 2 aromatic rings. The summed E-state index contributed by atoms with van der Waals surface area (Å²) in [6.45, 7) is 0.207. The molecule has 0 spiro atoms. The fourth-order valence-corrected chi connectivity index (χ4v) is 4.81. The van der Waals surface area contributed by atoms with E-state index in [-0.39, 0.29) is 43.0 Å². The van der Waals surface area contributed by atoms with Crippen molar-refractivity contribution in [1.82, 2.24) is 9.80 Å². The Labute approximate surface area is 189 Å². The zero-order valence-electron chi connectivity index (χ0n) is 17.6. The third-order valence-electron chi connectivity index (χ3n) is 5.50. The third kappa shape index (κ3) is 4.62. The Morgan fingerprint density at radius 3 is 2.31 bits per heavy atom. The van der Waals surface area contributed by atoms with Crippen LogP contribution in [-0.4, -0.2) is 58.2 Å². The van der Waals surface area contributed by atoms with Crippen LogP contribution < -0.4 is 10.1 Å². The summed E-state index contributed by atoms with van der Waals surface area (Å²) in [5.41, 5.74) is 1.86. The number of hydrogen-bond acceptors (Lipinski definition) is 6. The molecule has 2 heterocycles. The summed E-state index contributed by atoms with van der Waals surface area (Å²) >= 11 is 1.53. The van der Waals surface area contributed by atoms with E-state index in [1.165, 1.54) is 16.7 Å². The Morgan fingerprint density at radius 2 is 1.69 bits per heavy atom. The van der Waals surface area contributed by atoms with Crippen LogP contribution in [-0.2, 0) is 20.9 Å². The number of carbonyl (C=O) groups excluding carboxylic acids is 4. The lowest BCUT2D eigenvalue weighted by Gasteiger charge is -2.23. The molecule has 4 amide bonds. The lowest BCUT2D eigenvalue weighted by Crippen LogP contribution is -2.44. The van der Waals surface area contributed by atoms with Gasteiger partial charge < -0.3 is 15.0 Å². The van der Waals surface area contributed by atoms with Gasteiger partial charge in [-0.05, 0) is 42.0 Å². The van der Waals surface area contributed by atoms with E-state index in [1.807, 2.05) is 0 Å². The van der Waals surface area contributed by atoms with Gasteiger partial charge in [0.2, 0.25) is 17.7 Å². The van der Waals surface area contributed by atoms with Gasteiger partial charge in [0, 0.05) is 29.8 Å². The molecule has 0 saturated carbocycles. The van der Waals surface area contributed by atoms with Gasteiger partial charge in [0.1, 0.15) is 11.8 Å². The number of nitrogens with one attached hydrogen (secondary N) is 1. The molecular formula is C23H23N3O5S. The van der Waals surface area contributed by atoms with Gasteiger partial charge in [0.25, 0.3) is 5.91 Å². The van der Waals surface area contributed by atoms with Gasteiger partial charge in [-0.15, -0.1) is 11.8 Å². The number of thioether (sulfide) groups is 1. The van der Waals surface area contributed by atoms with Crippen LogP contribution in [0.15, 0.2) is 48.5 Å². The highest BCUT2D eigenvalue weighted by Crippen LogP contribution is 2.25. The normalized spacial score (nSPS) is 18.2. The van der Waals surface area contributed by atoms with Crippen molar-refractivity contribution in [3.63, 3.8) is 0 Å². The van der Waals surface area contributed by atoms with Gasteiger partial charge in [0.05, 0.1) is 19.5 Å². The largest absolute Gasteiger partial charge is 0.497 e. The third-order valence-corrected chi connectivity index (χ3v) is 6.51. The highest BCUT2D eigenvalue weighted by molar-refractivity contribution is 7.99. The first-order chi connectivity index (χ1) is 15.5. The van der Waals surface area contributed by atoms with Gasteiger partial charge in [-0.1, -0.05) is 12.1 Å². The van der Waals surface area contributed by atoms with Gasteiger partial charge in [-0.25, -0.2) is 0 Å². The van der Waals surface area contributed by atoms with Crippen molar-refractivity contribution >= 4 is 41.1 Å². The number of rotatable bonds is 6. The van der Waals surface area contributed by atoms with Crippen LogP contribution in [0, 0.1) is 0 Å². The topological polar surface area (TPSA) is 96.0 Å². The minimum atomic E-state index is -0.575. The molecule has 2 fully saturated rings. The first kappa shape index (κ1) is 21.9. The van der Waals surface area contributed by atoms with Crippen LogP contribution in [0.1, 0.15) is 28.8 Å². The Hall–Kier alpha value is -3.33. The quantitative estimate of drug-likeness (QED) is 0.676. The fourth-order valence-electron chi connectivity index (χ4n) is 3.66. The molecule has 1 N–H and O–H groups in total. The zero-order valence-corrected chi connectivity index (χ0v) is 18.4. The second-order valence-electron chi connectivity index (χ2n) is 7.58. The molecule has 1 atom stereocenters. The maximum Gasteiger partial charge on any atom is 0.255 e. The molecule has 9 heteroatoms. The highest BCUT2D eigenvalue weighted by Gasteiger charge is 2.35. The number of imide groups is 1. The number of amides is 4. The van der Waals surface area contributed by atoms with Crippen LogP contribution in [0.2, 0.25) is 0 Å². The SMILES string of the molecule is COc1ccc(NC(=O)C2CSCN2C(=O)c2ccc(CN3C(=O)CCC3=O)cc2)cc1. The lowest BCUT2D eigenvalue weighted by atomic mass is 10.1. The summed E-state index contributed by atoms with van der Waals surface area (Å²) < 4.78 is 5.12. The molecule has 4 rings (SSSR count). The van der Waals surface area contributed by atoms with E-state index in [0.29, 0.717) is 28.6 Å². The molecular weight excluding hydrogens is 430 g/mol. The monoisotopic (exact) mass is 453 g/mol. The molecule has 8 nitrogen and oxygen atoms in total. The van der Waals surface area contributed by atoms with Crippen molar-refractivity contribution in [2.75, 3.05) is 24.1 Å². The molecule has 0 aliphatic carbocycles. The minimum Gasteiger partial charge on any atom is -0.497 e. The van der Waals surface area contributed by atoms with Crippen molar-refractivity contribution in [3.05, 3.63) is 59.7 Å². The van der Waals surface area contributed by atoms with Gasteiger partial charge in [-0.2, -0.15) is 0 Å². The van der Waals surface area contributed by atoms with E-state index in [9.17, 15) is 19.2 Å². The van der Waals surface area contributed by atoms with Gasteiger partial charge in [-0.3, -0.25) is 24.1 Å². The molecule has 2 aliphatic heterocycles. The number of carbonyl (C=O) groups is 4. The van der Waals surface area contributed by atoms with Crippen LogP contribution in [0.4, 0.5) is 5.69 Å². The molecule has 32 heavy (non-hydrogen) atoms. The Balaban J connectivity index is 1.40. The smallest absolute Gasteiger partial charge is 0.255 e. The Kier molecular flexibility index (Phi) is 6.45. The number of anilines is 1. The predicted molar refractivity (Wildman–Crippen MR) is 120 cm³/mol. The van der Waals surface area contributed by atoms with Crippen LogP contribution in [0.3, 0.4) is 0 Å². The van der Waals surface area contributed by atoms with Crippen molar-refractivity contribution in [1.29, 1.82) is 0 Å². The fraction of sp³-hybridized carbons (Fsp3) is 0.304. The van der Waals surface area contributed by atoms with Crippen molar-refractivity contribution in [2.24, 2.45) is 0 Å². The number of hydrogen-bond donors (Lipinski definition) is 1. The second-order valence-corrected chi connectivity index (χ2v) is 8.58. The maximum absolute atomic E-state index is 13.1. The lowest BCUT2D eigenvalue weighted by molar-refractivity contribution is -0.139. The van der Waals surface area contributed by atoms with E-state index in [4.69, 9.17) is 4.74 Å². The van der Waals surface area contributed by atoms with Crippen LogP contribution in [0.25, 0.3) is 0 Å². The van der Waals surface area contributed by atoms with E-state index in [0.717, 1.165) is 5.56 Å². The summed E-state index contributed by atoms with van der Waals surface area (Å²) in [5.74, 6) is 0.826. The number of ether oxygens (including phenoxy) is 1. The number of nitrogens with zero attached hydrogens (tertiary/aromatic N) is 2. The Bertz CT molecular complexity index is 1020. The number of methoxy groups -OCH3 is 1. The molecule has 2 aliphatic rings. The van der Waals surface area contributed by atoms with E-state index in [1.54, 1.807) is 60.5 Å². The van der Waals surface area contributed by atoms with Crippen molar-refractivity contribution < 1.29 is 23.9 Å². The van der Waals surface area contributed by atoms with E-state index < -0.39 is 6.04 Å². The summed E-state index contributed by atoms with van der Waals surface area (Å²) in [6, 6.07) is 13.3. The summed E-state index contributed by atoms with van der Waals surface area (Å²) in [4.78, 5) is 52.3. The average Bonchev–Trinajstić information content (AvgIpc) is 3.42. The molecule has 2 saturated heterocycles. The first-order valence-electron chi connectivity index (χ1n) is 10.2. The number of likely N-dealkylation sites (tertiary alicyclic amines) is 1. The molecule has 2 aromatic carbocycles. The average molecular weight is 454 g/mol. The van der Waals surface area contributed by atoms with E-state index in [2.05, 4.69) is 5.32 Å². The maximum atomic E-state index is 13.1. The second kappa shape index (κ2) is 9.44. The summed E-state index contributed by atoms with van der Waals surface area (Å²) in [6.07, 6.45) is 0.504. The van der Waals surface area contributed by atoms with Crippen molar-refractivity contribution in [3.8, 4) is 5.75 Å². The standard InChI is InChI=1S/C23H23N3O5S/c1-31-18-8-6-17(7-9-18)24-22(29)19-13-32-14-26(19)23(30)16-4-2-15(3-5-16)12-25-20(27)10-11-21(25)28/h2-9,19H,10-14H2,1H3,(H,24,29). The van der Waals surface area contributed by atoms with E-state index >= 15 is 0 Å². The Morgan fingerprint density at radius 1 is 1.03 bits per heavy atom. The zero-order chi connectivity index (χ0) is 22.7. The highest BCUT2D eigenvalue weighted by atomic mass is 32.2. The molecule has 0 radical (unpaired) electrons. The van der Waals surface area contributed by atoms with Crippen LogP contribution >= 0.6 is 11.8 Å². The van der Waals surface area contributed by atoms with Gasteiger partial charge >= 0.3 is 0 Å². The number of benzene rings is 2. The van der Waals surface area contributed by atoms with Crippen molar-refractivity contribution in [2.45, 2.75) is 25.4 Å². The molecule has 0 aromatic heterocycles. The molecule has 0 bridgehead atoms. The summed E-state index contributed by atoms with van der Waals surface area (Å²) in [5, 5.41) is 2.86. The van der Waals surface area contributed by atoms with Crippen LogP contribution in [0.5, 0.6) is 5.75 Å².